The summed E-state index contributed by atoms with van der Waals surface area (Å²) in [5.41, 5.74) is 10.8. The van der Waals surface area contributed by atoms with Gasteiger partial charge in [-0.3, -0.25) is 0 Å². The zero-order valence-electron chi connectivity index (χ0n) is 8.42. The lowest BCUT2D eigenvalue weighted by atomic mass is 10.1. The van der Waals surface area contributed by atoms with E-state index < -0.39 is 18.1 Å². The van der Waals surface area contributed by atoms with Gasteiger partial charge in [0, 0.05) is 0 Å². The monoisotopic (exact) mass is 224 g/mol. The van der Waals surface area contributed by atoms with Crippen LogP contribution in [0.2, 0.25) is 0 Å². The summed E-state index contributed by atoms with van der Waals surface area (Å²) in [6.07, 6.45) is -0.720. The number of rotatable bonds is 4. The molecule has 6 nitrogen and oxygen atoms in total. The standard InChI is InChI=1S/C10H12N2O4/c11-8(12)5-16-10(15)7-3-1-6(2-4-7)9(13)14/h1-4,8H,5,11-12H2,(H,13,14). The van der Waals surface area contributed by atoms with Crippen LogP contribution >= 0.6 is 0 Å². The zero-order valence-corrected chi connectivity index (χ0v) is 8.42. The number of carbonyl (C=O) groups excluding carboxylic acids is 1. The first kappa shape index (κ1) is 12.2. The number of aromatic carboxylic acids is 1. The Kier molecular flexibility index (Phi) is 3.98. The van der Waals surface area contributed by atoms with Crippen molar-refractivity contribution in [2.75, 3.05) is 6.61 Å². The normalized spacial score (nSPS) is 10.2. The van der Waals surface area contributed by atoms with Gasteiger partial charge in [-0.25, -0.2) is 9.59 Å². The maximum atomic E-state index is 11.3. The SMILES string of the molecule is NC(N)COC(=O)c1ccc(C(=O)O)cc1. The van der Waals surface area contributed by atoms with Crippen molar-refractivity contribution in [2.45, 2.75) is 6.17 Å². The molecule has 0 aliphatic carbocycles. The fourth-order valence-corrected chi connectivity index (χ4v) is 1.00. The molecule has 0 aromatic heterocycles. The van der Waals surface area contributed by atoms with Gasteiger partial charge in [-0.1, -0.05) is 0 Å². The fraction of sp³-hybridized carbons (Fsp3) is 0.200. The van der Waals surface area contributed by atoms with Crippen molar-refractivity contribution in [3.05, 3.63) is 35.4 Å². The van der Waals surface area contributed by atoms with Crippen LogP contribution < -0.4 is 11.5 Å². The number of carbonyl (C=O) groups is 2. The number of hydrogen-bond donors (Lipinski definition) is 3. The highest BCUT2D eigenvalue weighted by molar-refractivity contribution is 5.92. The van der Waals surface area contributed by atoms with Gasteiger partial charge in [-0.05, 0) is 24.3 Å². The van der Waals surface area contributed by atoms with Crippen LogP contribution in [0.25, 0.3) is 0 Å². The van der Waals surface area contributed by atoms with Crippen molar-refractivity contribution in [3.8, 4) is 0 Å². The molecule has 0 fully saturated rings. The molecular formula is C10H12N2O4. The first-order valence-corrected chi connectivity index (χ1v) is 4.52. The Balaban J connectivity index is 2.67. The maximum absolute atomic E-state index is 11.3. The molecule has 0 saturated carbocycles. The molecule has 0 aliphatic heterocycles. The molecule has 0 saturated heterocycles. The Hall–Kier alpha value is -1.92. The molecule has 5 N–H and O–H groups in total. The lowest BCUT2D eigenvalue weighted by molar-refractivity contribution is 0.0482. The molecule has 0 bridgehead atoms. The molecule has 0 aliphatic rings. The van der Waals surface area contributed by atoms with Crippen LogP contribution in [0.5, 0.6) is 0 Å². The summed E-state index contributed by atoms with van der Waals surface area (Å²) in [5, 5.41) is 8.64. The van der Waals surface area contributed by atoms with Gasteiger partial charge in [0.2, 0.25) is 0 Å². The molecule has 0 unspecified atom stereocenters. The number of nitrogens with two attached hydrogens (primary N) is 2. The number of esters is 1. The van der Waals surface area contributed by atoms with Crippen molar-refractivity contribution in [1.82, 2.24) is 0 Å². The van der Waals surface area contributed by atoms with Crippen molar-refractivity contribution in [2.24, 2.45) is 11.5 Å². The van der Waals surface area contributed by atoms with Crippen LogP contribution in [0.1, 0.15) is 20.7 Å². The van der Waals surface area contributed by atoms with Gasteiger partial charge < -0.3 is 21.3 Å². The van der Waals surface area contributed by atoms with E-state index in [0.717, 1.165) is 0 Å². The third kappa shape index (κ3) is 3.34. The lowest BCUT2D eigenvalue weighted by Gasteiger charge is -2.07. The van der Waals surface area contributed by atoms with Gasteiger partial charge in [0.25, 0.3) is 0 Å². The second kappa shape index (κ2) is 5.24. The van der Waals surface area contributed by atoms with Crippen molar-refractivity contribution >= 4 is 11.9 Å². The van der Waals surface area contributed by atoms with E-state index in [4.69, 9.17) is 21.3 Å². The largest absolute Gasteiger partial charge is 0.478 e. The number of hydrogen-bond acceptors (Lipinski definition) is 5. The summed E-state index contributed by atoms with van der Waals surface area (Å²) in [6.45, 7) is -0.0838. The minimum absolute atomic E-state index is 0.0838. The van der Waals surface area contributed by atoms with Crippen molar-refractivity contribution in [1.29, 1.82) is 0 Å². The Bertz CT molecular complexity index is 386. The lowest BCUT2D eigenvalue weighted by Crippen LogP contribution is -2.36. The number of carboxylic acid groups (broad SMARTS) is 1. The van der Waals surface area contributed by atoms with Gasteiger partial charge in [-0.2, -0.15) is 0 Å². The highest BCUT2D eigenvalue weighted by atomic mass is 16.5. The first-order chi connectivity index (χ1) is 7.50. The quantitative estimate of drug-likeness (QED) is 0.481. The average Bonchev–Trinajstić information content (AvgIpc) is 2.26. The van der Waals surface area contributed by atoms with Gasteiger partial charge in [0.1, 0.15) is 6.61 Å². The topological polar surface area (TPSA) is 116 Å². The predicted octanol–water partition coefficient (Wildman–Crippen LogP) is -0.215. The molecule has 16 heavy (non-hydrogen) atoms. The maximum Gasteiger partial charge on any atom is 0.338 e. The van der Waals surface area contributed by atoms with Crippen LogP contribution in [0.4, 0.5) is 0 Å². The minimum Gasteiger partial charge on any atom is -0.478 e. The van der Waals surface area contributed by atoms with E-state index >= 15 is 0 Å². The van der Waals surface area contributed by atoms with Crippen LogP contribution in [0, 0.1) is 0 Å². The highest BCUT2D eigenvalue weighted by Crippen LogP contribution is 2.05. The summed E-state index contributed by atoms with van der Waals surface area (Å²) >= 11 is 0. The molecule has 0 heterocycles. The van der Waals surface area contributed by atoms with Gasteiger partial charge in [0.05, 0.1) is 17.3 Å². The molecule has 6 heteroatoms. The summed E-state index contributed by atoms with van der Waals surface area (Å²) in [4.78, 5) is 21.9. The number of ether oxygens (including phenoxy) is 1. The van der Waals surface area contributed by atoms with E-state index in [1.807, 2.05) is 0 Å². The third-order valence-electron chi connectivity index (χ3n) is 1.77. The second-order valence-corrected chi connectivity index (χ2v) is 3.14. The summed E-state index contributed by atoms with van der Waals surface area (Å²) < 4.78 is 4.75. The molecule has 1 rings (SSSR count). The van der Waals surface area contributed by atoms with E-state index in [9.17, 15) is 9.59 Å². The smallest absolute Gasteiger partial charge is 0.338 e. The fourth-order valence-electron chi connectivity index (χ4n) is 1.00. The zero-order chi connectivity index (χ0) is 12.1. The first-order valence-electron chi connectivity index (χ1n) is 4.52. The third-order valence-corrected chi connectivity index (χ3v) is 1.77. The average molecular weight is 224 g/mol. The van der Waals surface area contributed by atoms with Gasteiger partial charge in [0.15, 0.2) is 0 Å². The Morgan fingerprint density at radius 2 is 1.69 bits per heavy atom. The van der Waals surface area contributed by atoms with E-state index in [-0.39, 0.29) is 17.7 Å². The molecule has 0 spiro atoms. The van der Waals surface area contributed by atoms with Gasteiger partial charge in [-0.15, -0.1) is 0 Å². The van der Waals surface area contributed by atoms with Crippen LogP contribution in [-0.2, 0) is 4.74 Å². The molecule has 0 amide bonds. The van der Waals surface area contributed by atoms with Crippen LogP contribution in [-0.4, -0.2) is 29.8 Å². The number of carboxylic acids is 1. The number of benzene rings is 1. The molecule has 1 aromatic rings. The van der Waals surface area contributed by atoms with E-state index in [2.05, 4.69) is 0 Å². The summed E-state index contributed by atoms with van der Waals surface area (Å²) in [6, 6.07) is 5.38. The molecule has 0 radical (unpaired) electrons. The van der Waals surface area contributed by atoms with E-state index in [1.54, 1.807) is 0 Å². The van der Waals surface area contributed by atoms with Crippen LogP contribution in [0.3, 0.4) is 0 Å². The molecule has 0 atom stereocenters. The van der Waals surface area contributed by atoms with E-state index in [1.165, 1.54) is 24.3 Å². The second-order valence-electron chi connectivity index (χ2n) is 3.14. The van der Waals surface area contributed by atoms with Crippen molar-refractivity contribution < 1.29 is 19.4 Å². The predicted molar refractivity (Wildman–Crippen MR) is 55.8 cm³/mol. The van der Waals surface area contributed by atoms with E-state index in [0.29, 0.717) is 0 Å². The highest BCUT2D eigenvalue weighted by Gasteiger charge is 2.09. The summed E-state index contributed by atoms with van der Waals surface area (Å²) in [5.74, 6) is -1.64. The molecule has 1 aromatic carbocycles. The van der Waals surface area contributed by atoms with Gasteiger partial charge >= 0.3 is 11.9 Å². The Labute approximate surface area is 91.8 Å². The summed E-state index contributed by atoms with van der Waals surface area (Å²) in [7, 11) is 0. The Morgan fingerprint density at radius 1 is 1.19 bits per heavy atom. The van der Waals surface area contributed by atoms with Crippen molar-refractivity contribution in [3.63, 3.8) is 0 Å². The molecular weight excluding hydrogens is 212 g/mol. The molecule has 86 valence electrons. The Morgan fingerprint density at radius 3 is 2.12 bits per heavy atom. The minimum atomic E-state index is -1.05. The van der Waals surface area contributed by atoms with Crippen LogP contribution in [0.15, 0.2) is 24.3 Å².